The first kappa shape index (κ1) is 30.8. The van der Waals surface area contributed by atoms with Crippen LogP contribution in [0.15, 0.2) is 78.9 Å². The Kier molecular flexibility index (Phi) is 11.3. The topological polar surface area (TPSA) is 86.8 Å². The van der Waals surface area contributed by atoms with Gasteiger partial charge in [-0.05, 0) is 42.2 Å². The van der Waals surface area contributed by atoms with Gasteiger partial charge in [0.15, 0.2) is 0 Å². The minimum atomic E-state index is -3.86. The van der Waals surface area contributed by atoms with Crippen LogP contribution in [-0.2, 0) is 39.0 Å². The summed E-state index contributed by atoms with van der Waals surface area (Å²) >= 11 is 0. The number of unbranched alkanes of at least 4 members (excludes halogenated alkanes) is 1. The monoisotopic (exact) mass is 567 g/mol. The molecule has 40 heavy (non-hydrogen) atoms. The second-order valence-corrected chi connectivity index (χ2v) is 11.7. The fourth-order valence-electron chi connectivity index (χ4n) is 4.38. The van der Waals surface area contributed by atoms with Gasteiger partial charge >= 0.3 is 0 Å². The number of rotatable bonds is 14. The zero-order valence-corrected chi connectivity index (χ0v) is 24.2. The molecule has 3 aromatic carbocycles. The summed E-state index contributed by atoms with van der Waals surface area (Å²) in [4.78, 5) is 28.8. The number of amides is 2. The van der Waals surface area contributed by atoms with E-state index >= 15 is 0 Å². The SMILES string of the molecule is CCCCNC(=O)[C@@H](Cc1ccccc1)N(Cc1ccccc1F)C(=O)CN(c1ccc(CC)cc1)S(C)(=O)=O. The number of carbonyl (C=O) groups excluding carboxylic acids is 2. The minimum absolute atomic E-state index is 0.184. The van der Waals surface area contributed by atoms with Gasteiger partial charge in [0.05, 0.1) is 11.9 Å². The van der Waals surface area contributed by atoms with Gasteiger partial charge in [-0.1, -0.05) is 80.9 Å². The summed E-state index contributed by atoms with van der Waals surface area (Å²) in [7, 11) is -3.86. The van der Waals surface area contributed by atoms with Crippen LogP contribution in [0.2, 0.25) is 0 Å². The molecule has 214 valence electrons. The average molecular weight is 568 g/mol. The van der Waals surface area contributed by atoms with Gasteiger partial charge in [0.25, 0.3) is 0 Å². The molecule has 1 N–H and O–H groups in total. The second-order valence-electron chi connectivity index (χ2n) is 9.75. The van der Waals surface area contributed by atoms with Crippen LogP contribution in [0.4, 0.5) is 10.1 Å². The molecule has 0 heterocycles. The van der Waals surface area contributed by atoms with Crippen molar-refractivity contribution in [2.45, 2.75) is 52.1 Å². The Morgan fingerprint density at radius 2 is 1.55 bits per heavy atom. The maximum Gasteiger partial charge on any atom is 0.244 e. The van der Waals surface area contributed by atoms with Crippen molar-refractivity contribution in [1.82, 2.24) is 10.2 Å². The van der Waals surface area contributed by atoms with Gasteiger partial charge in [0.1, 0.15) is 18.4 Å². The van der Waals surface area contributed by atoms with E-state index in [-0.39, 0.29) is 24.4 Å². The number of sulfonamides is 1. The lowest BCUT2D eigenvalue weighted by atomic mass is 10.0. The standard InChI is InChI=1S/C31H38FN3O4S/c1-4-6-20-33-31(37)29(21-25-12-8-7-9-13-25)34(22-26-14-10-11-15-28(26)32)30(36)23-35(40(3,38)39)27-18-16-24(5-2)17-19-27/h7-19,29H,4-6,20-23H2,1-3H3,(H,33,37)/t29-/m1/s1. The molecule has 3 aromatic rings. The van der Waals surface area contributed by atoms with E-state index in [9.17, 15) is 22.4 Å². The van der Waals surface area contributed by atoms with Gasteiger partial charge in [-0.3, -0.25) is 13.9 Å². The lowest BCUT2D eigenvalue weighted by Crippen LogP contribution is -2.53. The number of nitrogens with one attached hydrogen (secondary N) is 1. The molecule has 2 amide bonds. The number of benzene rings is 3. The lowest BCUT2D eigenvalue weighted by molar-refractivity contribution is -0.140. The summed E-state index contributed by atoms with van der Waals surface area (Å²) < 4.78 is 41.5. The molecule has 0 aromatic heterocycles. The maximum atomic E-state index is 14.8. The molecule has 0 saturated heterocycles. The van der Waals surface area contributed by atoms with E-state index in [1.807, 2.05) is 56.3 Å². The molecular formula is C31H38FN3O4S. The number of hydrogen-bond donors (Lipinski definition) is 1. The van der Waals surface area contributed by atoms with Crippen molar-refractivity contribution in [3.05, 3.63) is 101 Å². The smallest absolute Gasteiger partial charge is 0.244 e. The molecule has 0 bridgehead atoms. The quantitative estimate of drug-likeness (QED) is 0.286. The van der Waals surface area contributed by atoms with E-state index < -0.39 is 34.3 Å². The van der Waals surface area contributed by atoms with Crippen LogP contribution in [-0.4, -0.2) is 50.5 Å². The van der Waals surface area contributed by atoms with E-state index in [0.717, 1.165) is 41.0 Å². The van der Waals surface area contributed by atoms with Gasteiger partial charge in [0.2, 0.25) is 21.8 Å². The third kappa shape index (κ3) is 8.64. The molecular weight excluding hydrogens is 529 g/mol. The molecule has 0 fully saturated rings. The third-order valence-corrected chi connectivity index (χ3v) is 7.85. The summed E-state index contributed by atoms with van der Waals surface area (Å²) in [5, 5.41) is 2.91. The van der Waals surface area contributed by atoms with Gasteiger partial charge in [-0.15, -0.1) is 0 Å². The Morgan fingerprint density at radius 3 is 2.15 bits per heavy atom. The van der Waals surface area contributed by atoms with Crippen molar-refractivity contribution < 1.29 is 22.4 Å². The maximum absolute atomic E-state index is 14.8. The highest BCUT2D eigenvalue weighted by Crippen LogP contribution is 2.22. The van der Waals surface area contributed by atoms with Crippen LogP contribution in [0.1, 0.15) is 43.4 Å². The fourth-order valence-corrected chi connectivity index (χ4v) is 5.23. The van der Waals surface area contributed by atoms with E-state index in [4.69, 9.17) is 0 Å². The zero-order chi connectivity index (χ0) is 29.1. The molecule has 0 spiro atoms. The first-order valence-corrected chi connectivity index (χ1v) is 15.4. The van der Waals surface area contributed by atoms with Crippen molar-refractivity contribution in [2.24, 2.45) is 0 Å². The molecule has 3 rings (SSSR count). The minimum Gasteiger partial charge on any atom is -0.354 e. The van der Waals surface area contributed by atoms with Crippen molar-refractivity contribution in [3.63, 3.8) is 0 Å². The van der Waals surface area contributed by atoms with Crippen LogP contribution in [0, 0.1) is 5.82 Å². The lowest BCUT2D eigenvalue weighted by Gasteiger charge is -2.33. The molecule has 0 radical (unpaired) electrons. The highest BCUT2D eigenvalue weighted by Gasteiger charge is 2.33. The summed E-state index contributed by atoms with van der Waals surface area (Å²) in [6.07, 6.45) is 3.64. The number of aryl methyl sites for hydroxylation is 1. The summed E-state index contributed by atoms with van der Waals surface area (Å²) in [5.41, 5.74) is 2.41. The fraction of sp³-hybridized carbons (Fsp3) is 0.355. The van der Waals surface area contributed by atoms with Gasteiger partial charge in [-0.25, -0.2) is 12.8 Å². The Balaban J connectivity index is 2.03. The second kappa shape index (κ2) is 14.6. The number of carbonyl (C=O) groups is 2. The number of halogens is 1. The van der Waals surface area contributed by atoms with Crippen LogP contribution in [0.3, 0.4) is 0 Å². The van der Waals surface area contributed by atoms with E-state index in [0.29, 0.717) is 12.2 Å². The Bertz CT molecular complexity index is 1360. The number of nitrogens with zero attached hydrogens (tertiary/aromatic N) is 2. The summed E-state index contributed by atoms with van der Waals surface area (Å²) in [6, 6.07) is 21.3. The first-order valence-electron chi connectivity index (χ1n) is 13.5. The van der Waals surface area contributed by atoms with Gasteiger partial charge in [-0.2, -0.15) is 0 Å². The molecule has 0 aliphatic rings. The molecule has 0 saturated carbocycles. The molecule has 0 aliphatic heterocycles. The Labute approximate surface area is 237 Å². The van der Waals surface area contributed by atoms with Gasteiger partial charge in [0, 0.05) is 25.1 Å². The van der Waals surface area contributed by atoms with E-state index in [1.165, 1.54) is 11.0 Å². The van der Waals surface area contributed by atoms with Crippen LogP contribution in [0.5, 0.6) is 0 Å². The van der Waals surface area contributed by atoms with Crippen molar-refractivity contribution in [1.29, 1.82) is 0 Å². The predicted octanol–water partition coefficient (Wildman–Crippen LogP) is 4.71. The van der Waals surface area contributed by atoms with Crippen LogP contribution >= 0.6 is 0 Å². The van der Waals surface area contributed by atoms with Crippen molar-refractivity contribution in [3.8, 4) is 0 Å². The Morgan fingerprint density at radius 1 is 0.900 bits per heavy atom. The zero-order valence-electron chi connectivity index (χ0n) is 23.3. The molecule has 9 heteroatoms. The largest absolute Gasteiger partial charge is 0.354 e. The first-order chi connectivity index (χ1) is 19.1. The highest BCUT2D eigenvalue weighted by molar-refractivity contribution is 7.92. The predicted molar refractivity (Wildman–Crippen MR) is 157 cm³/mol. The van der Waals surface area contributed by atoms with Gasteiger partial charge < -0.3 is 10.2 Å². The van der Waals surface area contributed by atoms with Crippen LogP contribution in [0.25, 0.3) is 0 Å². The summed E-state index contributed by atoms with van der Waals surface area (Å²) in [6.45, 7) is 3.70. The van der Waals surface area contributed by atoms with E-state index in [2.05, 4.69) is 5.32 Å². The highest BCUT2D eigenvalue weighted by atomic mass is 32.2. The van der Waals surface area contributed by atoms with Crippen LogP contribution < -0.4 is 9.62 Å². The number of anilines is 1. The number of hydrogen-bond acceptors (Lipinski definition) is 4. The normalized spacial score (nSPS) is 12.0. The molecule has 7 nitrogen and oxygen atoms in total. The van der Waals surface area contributed by atoms with Crippen molar-refractivity contribution >= 4 is 27.5 Å². The molecule has 1 atom stereocenters. The summed E-state index contributed by atoms with van der Waals surface area (Å²) in [5.74, 6) is -1.50. The average Bonchev–Trinajstić information content (AvgIpc) is 2.94. The van der Waals surface area contributed by atoms with Crippen molar-refractivity contribution in [2.75, 3.05) is 23.7 Å². The molecule has 0 unspecified atom stereocenters. The molecule has 0 aliphatic carbocycles. The Hall–Kier alpha value is -3.72. The third-order valence-electron chi connectivity index (χ3n) is 6.71. The van der Waals surface area contributed by atoms with E-state index in [1.54, 1.807) is 30.3 Å².